The number of esters is 6. The van der Waals surface area contributed by atoms with Crippen LogP contribution in [0.3, 0.4) is 0 Å². The van der Waals surface area contributed by atoms with Crippen LogP contribution in [0.15, 0.2) is 109 Å². The smallest absolute Gasteiger partial charge is 0.303 e. The number of carbonyl (C=O) groups excluding carboxylic acids is 6. The molecule has 0 saturated carbocycles. The van der Waals surface area contributed by atoms with E-state index in [1.165, 1.54) is 91.0 Å². The van der Waals surface area contributed by atoms with Gasteiger partial charge in [0.25, 0.3) is 0 Å². The highest BCUT2D eigenvalue weighted by atomic mass is 32.1. The fourth-order valence-corrected chi connectivity index (χ4v) is 14.9. The second-order valence-corrected chi connectivity index (χ2v) is 28.7. The molecule has 10 atom stereocenters. The van der Waals surface area contributed by atoms with Gasteiger partial charge in [-0.25, -0.2) is 8.78 Å². The van der Waals surface area contributed by atoms with Crippen molar-refractivity contribution in [3.05, 3.63) is 164 Å². The molecule has 0 radical (unpaired) electrons. The fraction of sp³-hybridized carbons (Fsp3) is 0.449. The van der Waals surface area contributed by atoms with Gasteiger partial charge in [0.2, 0.25) is 11.9 Å². The molecule has 6 aromatic rings. The van der Waals surface area contributed by atoms with Crippen molar-refractivity contribution in [3.63, 3.8) is 0 Å². The predicted octanol–water partition coefficient (Wildman–Crippen LogP) is 14.2. The summed E-state index contributed by atoms with van der Waals surface area (Å²) >= 11 is 3.24. The average Bonchev–Trinajstić information content (AvgIpc) is 1.93. The quantitative estimate of drug-likeness (QED) is 0.0399. The third kappa shape index (κ3) is 19.1. The Morgan fingerprint density at radius 1 is 0.494 bits per heavy atom. The van der Waals surface area contributed by atoms with Crippen LogP contribution in [0.25, 0.3) is 20.9 Å². The molecule has 0 N–H and O–H groups in total. The highest BCUT2D eigenvalue weighted by Crippen LogP contribution is 2.45. The molecule has 2 aliphatic heterocycles. The predicted molar refractivity (Wildman–Crippen MR) is 341 cm³/mol. The molecule has 15 nitrogen and oxygen atoms in total. The molecular formula is C69H84F2O15S2Si. The van der Waals surface area contributed by atoms with E-state index in [4.69, 9.17) is 42.6 Å². The number of aryl methyl sites for hydroxylation is 2. The molecule has 2 aliphatic rings. The van der Waals surface area contributed by atoms with E-state index in [2.05, 4.69) is 26.8 Å². The number of carbonyl (C=O) groups is 6. The summed E-state index contributed by atoms with van der Waals surface area (Å²) in [7, 11) is 1.25. The van der Waals surface area contributed by atoms with E-state index in [0.29, 0.717) is 31.2 Å². The Morgan fingerprint density at radius 3 is 1.34 bits per heavy atom. The maximum absolute atomic E-state index is 13.4. The van der Waals surface area contributed by atoms with E-state index < -0.39 is 96.5 Å². The van der Waals surface area contributed by atoms with Crippen molar-refractivity contribution in [1.29, 1.82) is 0 Å². The lowest BCUT2D eigenvalue weighted by Crippen LogP contribution is -2.66. The van der Waals surface area contributed by atoms with E-state index in [1.54, 1.807) is 46.9 Å². The van der Waals surface area contributed by atoms with Crippen molar-refractivity contribution in [1.82, 2.24) is 0 Å². The van der Waals surface area contributed by atoms with E-state index in [9.17, 15) is 37.5 Å². The van der Waals surface area contributed by atoms with Gasteiger partial charge >= 0.3 is 35.8 Å². The molecule has 480 valence electrons. The average molecular weight is 1280 g/mol. The SMILES string of the molecule is CC[C@H]1OC(OC)(c2ccc(C)c(Cc3ccc(-c4ccc(F)cc4)s3)c2)[C@H](OC(C)=O)[C@@H](OC(C)=O)[C@@H]1OC(C)=O.CC[C@H]1OC(c2ccc(C)c(Cc3ccc(-c4ccc(F)cc4)s3)c2)[C@H](OC(C)=O)[C@@H](OC(C)=O)[C@@H]1OC(C)=O.CC[SiH](CC)CC. The number of benzene rings is 4. The number of hydrogen-bond acceptors (Lipinski definition) is 17. The number of halogens is 2. The molecule has 0 spiro atoms. The Kier molecular flexibility index (Phi) is 26.6. The van der Waals surface area contributed by atoms with Crippen LogP contribution in [0.2, 0.25) is 18.1 Å². The van der Waals surface area contributed by atoms with Crippen molar-refractivity contribution < 1.29 is 80.2 Å². The van der Waals surface area contributed by atoms with Crippen LogP contribution in [-0.2, 0) is 90.0 Å². The minimum atomic E-state index is -1.68. The van der Waals surface area contributed by atoms with Gasteiger partial charge in [0.05, 0.1) is 6.10 Å². The third-order valence-electron chi connectivity index (χ3n) is 15.7. The van der Waals surface area contributed by atoms with Crippen LogP contribution in [0, 0.1) is 25.5 Å². The van der Waals surface area contributed by atoms with E-state index in [1.807, 2.05) is 82.3 Å². The van der Waals surface area contributed by atoms with Crippen LogP contribution >= 0.6 is 22.7 Å². The Labute approximate surface area is 531 Å². The zero-order valence-electron chi connectivity index (χ0n) is 53.3. The number of rotatable bonds is 20. The Hall–Kier alpha value is -6.94. The maximum atomic E-state index is 13.4. The molecule has 2 aromatic heterocycles. The second-order valence-electron chi connectivity index (χ2n) is 22.2. The van der Waals surface area contributed by atoms with Crippen molar-refractivity contribution >= 4 is 67.3 Å². The van der Waals surface area contributed by atoms with Crippen LogP contribution in [0.5, 0.6) is 0 Å². The van der Waals surface area contributed by atoms with Gasteiger partial charge in [-0.2, -0.15) is 0 Å². The molecular weight excluding hydrogens is 1200 g/mol. The molecule has 0 aliphatic carbocycles. The molecule has 2 unspecified atom stereocenters. The molecule has 2 fully saturated rings. The molecule has 4 aromatic carbocycles. The lowest BCUT2D eigenvalue weighted by atomic mass is 9.85. The van der Waals surface area contributed by atoms with Crippen molar-refractivity contribution in [2.45, 2.75) is 195 Å². The molecule has 4 heterocycles. The minimum Gasteiger partial charge on any atom is -0.456 e. The molecule has 8 rings (SSSR count). The standard InChI is InChI=1S/C32H35FO8S.C31H33FO7S.C6H16Si/c1-7-27-29(38-19(3)34)30(39-20(4)35)31(40-21(5)36)32(37-6,41-27)24-11-8-18(2)23(16-24)17-26-14-15-28(42-26)22-9-12-25(33)13-10-22;1-6-26-29(36-18(3)33)31(38-20(5)35)30(37-19(4)34)28(39-26)22-8-7-17(2)23(15-22)16-25-13-14-27(40-25)21-9-11-24(32)12-10-21;1-4-7(5-2)6-3/h8-16,27,29-31H,7,17H2,1-6H3;7-15,26,28-31H,6,16H2,1-5H3;7H,4-6H2,1-3H3/t27-,29-,30+,31-,32?;26-,28?,29-,30+,31+;/m11./s1. The Balaban J connectivity index is 0.000000256. The third-order valence-corrected chi connectivity index (χ3v) is 21.5. The first kappa shape index (κ1) is 71.1. The summed E-state index contributed by atoms with van der Waals surface area (Å²) in [6.45, 7) is 22.2. The molecule has 2 saturated heterocycles. The minimum absolute atomic E-state index is 0.171. The summed E-state index contributed by atoms with van der Waals surface area (Å²) in [6.07, 6.45) is -6.55. The zero-order chi connectivity index (χ0) is 65.3. The number of ether oxygens (including phenoxy) is 9. The van der Waals surface area contributed by atoms with Gasteiger partial charge in [-0.05, 0) is 120 Å². The van der Waals surface area contributed by atoms with Gasteiger partial charge in [0.15, 0.2) is 30.5 Å². The summed E-state index contributed by atoms with van der Waals surface area (Å²) in [5.74, 6) is -5.86. The Bertz CT molecular complexity index is 3340. The number of thiophene rings is 2. The summed E-state index contributed by atoms with van der Waals surface area (Å²) in [4.78, 5) is 77.0. The lowest BCUT2D eigenvalue weighted by molar-refractivity contribution is -0.365. The summed E-state index contributed by atoms with van der Waals surface area (Å²) in [5.41, 5.74) is 7.29. The summed E-state index contributed by atoms with van der Waals surface area (Å²) in [5, 5.41) is 0. The first-order valence-electron chi connectivity index (χ1n) is 30.2. The van der Waals surface area contributed by atoms with Crippen molar-refractivity contribution in [2.24, 2.45) is 0 Å². The fourth-order valence-electron chi connectivity index (χ4n) is 11.1. The van der Waals surface area contributed by atoms with Gasteiger partial charge in [-0.1, -0.05) is 107 Å². The van der Waals surface area contributed by atoms with Crippen molar-refractivity contribution in [3.8, 4) is 20.9 Å². The molecule has 0 bridgehead atoms. The van der Waals surface area contributed by atoms with Gasteiger partial charge < -0.3 is 42.6 Å². The highest BCUT2D eigenvalue weighted by molar-refractivity contribution is 7.15. The lowest BCUT2D eigenvalue weighted by Gasteiger charge is -2.50. The normalized spacial score (nSPS) is 22.1. The van der Waals surface area contributed by atoms with Gasteiger partial charge in [-0.3, -0.25) is 28.8 Å². The van der Waals surface area contributed by atoms with Crippen molar-refractivity contribution in [2.75, 3.05) is 7.11 Å². The summed E-state index contributed by atoms with van der Waals surface area (Å²) < 4.78 is 79.5. The number of hydrogen-bond donors (Lipinski definition) is 0. The van der Waals surface area contributed by atoms with Crippen LogP contribution < -0.4 is 0 Å². The molecule has 0 amide bonds. The topological polar surface area (TPSA) is 185 Å². The van der Waals surface area contributed by atoms with E-state index in [0.717, 1.165) is 58.5 Å². The van der Waals surface area contributed by atoms with E-state index in [-0.39, 0.29) is 20.4 Å². The molecule has 89 heavy (non-hydrogen) atoms. The van der Waals surface area contributed by atoms with Gasteiger partial charge in [0.1, 0.15) is 23.8 Å². The molecule has 20 heteroatoms. The largest absolute Gasteiger partial charge is 0.456 e. The van der Waals surface area contributed by atoms with Crippen LogP contribution in [-0.4, -0.2) is 101 Å². The maximum Gasteiger partial charge on any atom is 0.303 e. The van der Waals surface area contributed by atoms with Gasteiger partial charge in [0, 0.05) is 95.4 Å². The van der Waals surface area contributed by atoms with Crippen LogP contribution in [0.1, 0.15) is 138 Å². The first-order chi connectivity index (χ1) is 42.4. The van der Waals surface area contributed by atoms with E-state index >= 15 is 0 Å². The van der Waals surface area contributed by atoms with Gasteiger partial charge in [-0.15, -0.1) is 22.7 Å². The monoisotopic (exact) mass is 1280 g/mol. The summed E-state index contributed by atoms with van der Waals surface area (Å²) in [6, 6.07) is 37.0. The zero-order valence-corrected chi connectivity index (χ0v) is 56.1. The highest BCUT2D eigenvalue weighted by Gasteiger charge is 2.61. The Morgan fingerprint density at radius 2 is 0.910 bits per heavy atom. The van der Waals surface area contributed by atoms with Crippen LogP contribution in [0.4, 0.5) is 8.78 Å². The number of methoxy groups -OCH3 is 1. The second kappa shape index (κ2) is 33.2. The first-order valence-corrected chi connectivity index (χ1v) is 34.3.